The van der Waals surface area contributed by atoms with Crippen molar-refractivity contribution < 1.29 is 0 Å². The monoisotopic (exact) mass is 140 g/mol. The van der Waals surface area contributed by atoms with Crippen molar-refractivity contribution in [1.82, 2.24) is 0 Å². The van der Waals surface area contributed by atoms with Crippen LogP contribution in [0.15, 0.2) is 0 Å². The minimum absolute atomic E-state index is 0.916. The molecular weight excluding hydrogens is 120 g/mol. The van der Waals surface area contributed by atoms with Crippen molar-refractivity contribution in [1.29, 1.82) is 0 Å². The van der Waals surface area contributed by atoms with E-state index in [0.29, 0.717) is 0 Å². The van der Waals surface area contributed by atoms with Gasteiger partial charge in [-0.25, -0.2) is 0 Å². The molecule has 1 aliphatic rings. The van der Waals surface area contributed by atoms with Crippen molar-refractivity contribution in [2.24, 2.45) is 17.8 Å². The molecular formula is C10H20. The zero-order chi connectivity index (χ0) is 7.56. The first-order valence-electron chi connectivity index (χ1n) is 4.74. The highest BCUT2D eigenvalue weighted by molar-refractivity contribution is 4.80. The summed E-state index contributed by atoms with van der Waals surface area (Å²) in [5, 5.41) is 0. The molecule has 60 valence electrons. The van der Waals surface area contributed by atoms with Crippen molar-refractivity contribution in [3.63, 3.8) is 0 Å². The van der Waals surface area contributed by atoms with Crippen LogP contribution >= 0.6 is 0 Å². The first-order valence-corrected chi connectivity index (χ1v) is 4.74. The van der Waals surface area contributed by atoms with Gasteiger partial charge in [0.05, 0.1) is 0 Å². The Kier molecular flexibility index (Phi) is 2.76. The van der Waals surface area contributed by atoms with E-state index in [9.17, 15) is 0 Å². The first-order chi connectivity index (χ1) is 4.74. The molecule has 1 fully saturated rings. The topological polar surface area (TPSA) is 0 Å². The molecule has 1 aliphatic carbocycles. The van der Waals surface area contributed by atoms with Crippen LogP contribution in [0, 0.1) is 17.8 Å². The summed E-state index contributed by atoms with van der Waals surface area (Å²) in [4.78, 5) is 0. The average molecular weight is 140 g/mol. The van der Waals surface area contributed by atoms with Crippen molar-refractivity contribution in [2.45, 2.75) is 46.5 Å². The summed E-state index contributed by atoms with van der Waals surface area (Å²) in [6.07, 6.45) is 5.90. The summed E-state index contributed by atoms with van der Waals surface area (Å²) >= 11 is 0. The largest absolute Gasteiger partial charge is 0.0651 e. The van der Waals surface area contributed by atoms with E-state index >= 15 is 0 Å². The first kappa shape index (κ1) is 8.10. The van der Waals surface area contributed by atoms with Gasteiger partial charge >= 0.3 is 0 Å². The molecule has 0 saturated heterocycles. The van der Waals surface area contributed by atoms with Crippen molar-refractivity contribution in [3.05, 3.63) is 0 Å². The number of hydrogen-bond acceptors (Lipinski definition) is 0. The van der Waals surface area contributed by atoms with E-state index in [-0.39, 0.29) is 0 Å². The molecule has 1 saturated carbocycles. The van der Waals surface area contributed by atoms with Gasteiger partial charge in [0.2, 0.25) is 0 Å². The molecule has 0 heterocycles. The van der Waals surface area contributed by atoms with Gasteiger partial charge in [-0.1, -0.05) is 27.2 Å². The molecule has 10 heavy (non-hydrogen) atoms. The predicted octanol–water partition coefficient (Wildman–Crippen LogP) is 3.47. The Balaban J connectivity index is 2.16. The maximum absolute atomic E-state index is 2.34. The van der Waals surface area contributed by atoms with E-state index in [1.54, 1.807) is 0 Å². The Morgan fingerprint density at radius 3 is 2.10 bits per heavy atom. The maximum atomic E-state index is 2.34. The van der Waals surface area contributed by atoms with E-state index in [1.165, 1.54) is 25.7 Å². The van der Waals surface area contributed by atoms with E-state index in [2.05, 4.69) is 20.8 Å². The second kappa shape index (κ2) is 3.41. The van der Waals surface area contributed by atoms with Crippen LogP contribution in [-0.2, 0) is 0 Å². The Morgan fingerprint density at radius 1 is 1.20 bits per heavy atom. The molecule has 2 atom stereocenters. The molecule has 0 aromatic heterocycles. The second-order valence-electron chi connectivity index (χ2n) is 4.14. The SMILES string of the molecule is CCC1CCC1CC(C)C. The van der Waals surface area contributed by atoms with Crippen LogP contribution < -0.4 is 0 Å². The van der Waals surface area contributed by atoms with E-state index in [4.69, 9.17) is 0 Å². The summed E-state index contributed by atoms with van der Waals surface area (Å²) in [6, 6.07) is 0. The Morgan fingerprint density at radius 2 is 1.80 bits per heavy atom. The van der Waals surface area contributed by atoms with E-state index < -0.39 is 0 Å². The number of rotatable bonds is 3. The lowest BCUT2D eigenvalue weighted by Gasteiger charge is -2.37. The highest BCUT2D eigenvalue weighted by Gasteiger charge is 2.28. The molecule has 2 unspecified atom stereocenters. The van der Waals surface area contributed by atoms with Gasteiger partial charge in [0.25, 0.3) is 0 Å². The lowest BCUT2D eigenvalue weighted by molar-refractivity contribution is 0.142. The van der Waals surface area contributed by atoms with Crippen molar-refractivity contribution >= 4 is 0 Å². The normalized spacial score (nSPS) is 32.4. The zero-order valence-electron chi connectivity index (χ0n) is 7.56. The van der Waals surface area contributed by atoms with Crippen LogP contribution in [0.5, 0.6) is 0 Å². The van der Waals surface area contributed by atoms with Crippen molar-refractivity contribution in [3.8, 4) is 0 Å². The van der Waals surface area contributed by atoms with Gasteiger partial charge < -0.3 is 0 Å². The summed E-state index contributed by atoms with van der Waals surface area (Å²) < 4.78 is 0. The Labute approximate surface area is 65.0 Å². The lowest BCUT2D eigenvalue weighted by atomic mass is 9.69. The maximum Gasteiger partial charge on any atom is -0.0383 e. The highest BCUT2D eigenvalue weighted by atomic mass is 14.3. The highest BCUT2D eigenvalue weighted by Crippen LogP contribution is 2.40. The summed E-state index contributed by atoms with van der Waals surface area (Å²) in [5.41, 5.74) is 0. The average Bonchev–Trinajstić information content (AvgIpc) is 1.82. The fourth-order valence-corrected chi connectivity index (χ4v) is 2.09. The minimum atomic E-state index is 0.916. The summed E-state index contributed by atoms with van der Waals surface area (Å²) in [6.45, 7) is 7.01. The van der Waals surface area contributed by atoms with Gasteiger partial charge in [0.1, 0.15) is 0 Å². The van der Waals surface area contributed by atoms with Gasteiger partial charge in [-0.2, -0.15) is 0 Å². The third kappa shape index (κ3) is 1.74. The third-order valence-electron chi connectivity index (χ3n) is 2.87. The van der Waals surface area contributed by atoms with Crippen LogP contribution in [0.4, 0.5) is 0 Å². The van der Waals surface area contributed by atoms with Gasteiger partial charge in [0.15, 0.2) is 0 Å². The molecule has 0 radical (unpaired) electrons. The molecule has 0 heteroatoms. The molecule has 1 rings (SSSR count). The van der Waals surface area contributed by atoms with Crippen LogP contribution in [0.2, 0.25) is 0 Å². The summed E-state index contributed by atoms with van der Waals surface area (Å²) in [5.74, 6) is 3.09. The molecule has 0 spiro atoms. The Bertz CT molecular complexity index is 92.2. The standard InChI is InChI=1S/C10H20/c1-4-9-5-6-10(9)7-8(2)3/h8-10H,4-7H2,1-3H3. The van der Waals surface area contributed by atoms with Gasteiger partial charge in [0, 0.05) is 0 Å². The molecule has 0 N–H and O–H groups in total. The molecule has 0 bridgehead atoms. The molecule has 0 amide bonds. The number of hydrogen-bond donors (Lipinski definition) is 0. The van der Waals surface area contributed by atoms with Crippen LogP contribution in [0.25, 0.3) is 0 Å². The minimum Gasteiger partial charge on any atom is -0.0651 e. The second-order valence-corrected chi connectivity index (χ2v) is 4.14. The van der Waals surface area contributed by atoms with Gasteiger partial charge in [-0.3, -0.25) is 0 Å². The van der Waals surface area contributed by atoms with Gasteiger partial charge in [-0.05, 0) is 37.0 Å². The van der Waals surface area contributed by atoms with Crippen LogP contribution in [0.1, 0.15) is 46.5 Å². The quantitative estimate of drug-likeness (QED) is 0.563. The molecule has 0 nitrogen and oxygen atoms in total. The Hall–Kier alpha value is 0. The lowest BCUT2D eigenvalue weighted by Crippen LogP contribution is -2.26. The zero-order valence-corrected chi connectivity index (χ0v) is 7.56. The molecule has 0 aliphatic heterocycles. The van der Waals surface area contributed by atoms with E-state index in [1.807, 2.05) is 0 Å². The molecule has 0 aromatic carbocycles. The molecule has 0 aromatic rings. The van der Waals surface area contributed by atoms with E-state index in [0.717, 1.165) is 17.8 Å². The third-order valence-corrected chi connectivity index (χ3v) is 2.87. The fourth-order valence-electron chi connectivity index (χ4n) is 2.09. The predicted molar refractivity (Wildman–Crippen MR) is 46.0 cm³/mol. The fraction of sp³-hybridized carbons (Fsp3) is 1.00. The van der Waals surface area contributed by atoms with Gasteiger partial charge in [-0.15, -0.1) is 0 Å². The van der Waals surface area contributed by atoms with Crippen LogP contribution in [-0.4, -0.2) is 0 Å². The summed E-state index contributed by atoms with van der Waals surface area (Å²) in [7, 11) is 0. The smallest absolute Gasteiger partial charge is 0.0383 e. The van der Waals surface area contributed by atoms with Crippen molar-refractivity contribution in [2.75, 3.05) is 0 Å². The van der Waals surface area contributed by atoms with Crippen LogP contribution in [0.3, 0.4) is 0 Å².